The maximum Gasteiger partial charge on any atom is 0.238 e. The number of carbonyl (C=O) groups excluding carboxylic acids is 1. The van der Waals surface area contributed by atoms with Gasteiger partial charge in [-0.15, -0.1) is 0 Å². The zero-order valence-corrected chi connectivity index (χ0v) is 19.0. The summed E-state index contributed by atoms with van der Waals surface area (Å²) < 4.78 is 22.6. The molecule has 168 valence electrons. The fraction of sp³-hybridized carbons (Fsp3) is 0.476. The zero-order valence-electron chi connectivity index (χ0n) is 18.2. The topological polar surface area (TPSA) is 122 Å². The molecule has 0 aliphatic carbocycles. The van der Waals surface area contributed by atoms with Gasteiger partial charge in [0.1, 0.15) is 11.6 Å². The van der Waals surface area contributed by atoms with Crippen molar-refractivity contribution < 1.29 is 13.2 Å². The third-order valence-electron chi connectivity index (χ3n) is 5.19. The summed E-state index contributed by atoms with van der Waals surface area (Å²) >= 11 is 0. The van der Waals surface area contributed by atoms with E-state index < -0.39 is 10.0 Å². The number of nitrogens with zero attached hydrogens (tertiary/aromatic N) is 4. The van der Waals surface area contributed by atoms with Crippen LogP contribution < -0.4 is 15.4 Å². The van der Waals surface area contributed by atoms with Gasteiger partial charge in [0, 0.05) is 62.5 Å². The minimum atomic E-state index is -3.74. The zero-order chi connectivity index (χ0) is 22.6. The molecule has 3 N–H and O–H groups in total. The number of hydrogen-bond acceptors (Lipinski definition) is 7. The molecule has 1 aromatic heterocycles. The second kappa shape index (κ2) is 9.71. The Bertz CT molecular complexity index is 1020. The number of aromatic nitrogens is 2. The van der Waals surface area contributed by atoms with E-state index in [9.17, 15) is 13.2 Å². The third-order valence-corrected chi connectivity index (χ3v) is 6.12. The van der Waals surface area contributed by atoms with Crippen molar-refractivity contribution in [1.82, 2.24) is 14.9 Å². The highest BCUT2D eigenvalue weighted by atomic mass is 32.2. The molecule has 1 saturated heterocycles. The number of aryl methyl sites for hydroxylation is 1. The van der Waals surface area contributed by atoms with Gasteiger partial charge in [0.25, 0.3) is 0 Å². The monoisotopic (exact) mass is 446 g/mol. The lowest BCUT2D eigenvalue weighted by molar-refractivity contribution is -0.116. The van der Waals surface area contributed by atoms with Crippen LogP contribution in [0.4, 0.5) is 11.5 Å². The van der Waals surface area contributed by atoms with Gasteiger partial charge in [-0.1, -0.05) is 13.8 Å². The van der Waals surface area contributed by atoms with E-state index in [4.69, 9.17) is 10.1 Å². The van der Waals surface area contributed by atoms with Crippen LogP contribution in [-0.4, -0.2) is 61.9 Å². The molecule has 10 heteroatoms. The molecule has 3 rings (SSSR count). The fourth-order valence-corrected chi connectivity index (χ4v) is 3.92. The minimum Gasteiger partial charge on any atom is -0.354 e. The fourth-order valence-electron chi connectivity index (χ4n) is 3.41. The number of anilines is 2. The summed E-state index contributed by atoms with van der Waals surface area (Å²) in [7, 11) is -3.74. The van der Waals surface area contributed by atoms with Gasteiger partial charge in [0.15, 0.2) is 0 Å². The Hall–Kier alpha value is -2.56. The number of nitrogens with one attached hydrogen (secondary N) is 1. The summed E-state index contributed by atoms with van der Waals surface area (Å²) in [6.07, 6.45) is 0.362. The first-order chi connectivity index (χ1) is 14.6. The Morgan fingerprint density at radius 1 is 1.13 bits per heavy atom. The molecule has 0 spiro atoms. The van der Waals surface area contributed by atoms with Crippen molar-refractivity contribution in [3.63, 3.8) is 0 Å². The van der Waals surface area contributed by atoms with Gasteiger partial charge in [0.2, 0.25) is 15.9 Å². The average molecular weight is 447 g/mol. The average Bonchev–Trinajstić information content (AvgIpc) is 2.72. The van der Waals surface area contributed by atoms with E-state index >= 15 is 0 Å². The van der Waals surface area contributed by atoms with Crippen LogP contribution in [0.15, 0.2) is 35.2 Å². The normalized spacial score (nSPS) is 15.3. The largest absolute Gasteiger partial charge is 0.354 e. The molecule has 2 aromatic rings. The van der Waals surface area contributed by atoms with E-state index in [2.05, 4.69) is 33.9 Å². The van der Waals surface area contributed by atoms with Gasteiger partial charge in [-0.3, -0.25) is 9.69 Å². The number of nitrogens with two attached hydrogens (primary N) is 1. The van der Waals surface area contributed by atoms with E-state index in [1.54, 1.807) is 0 Å². The molecule has 2 heterocycles. The van der Waals surface area contributed by atoms with Gasteiger partial charge >= 0.3 is 0 Å². The predicted octanol–water partition coefficient (Wildman–Crippen LogP) is 1.71. The summed E-state index contributed by atoms with van der Waals surface area (Å²) in [6, 6.07) is 7.85. The molecular formula is C21H30N6O3S. The molecule has 1 aliphatic rings. The minimum absolute atomic E-state index is 0.0164. The van der Waals surface area contributed by atoms with Crippen molar-refractivity contribution >= 4 is 27.4 Å². The van der Waals surface area contributed by atoms with Crippen LogP contribution >= 0.6 is 0 Å². The number of primary sulfonamides is 1. The van der Waals surface area contributed by atoms with Gasteiger partial charge in [0.05, 0.1) is 4.90 Å². The molecule has 0 radical (unpaired) electrons. The van der Waals surface area contributed by atoms with Gasteiger partial charge in [-0.25, -0.2) is 23.5 Å². The van der Waals surface area contributed by atoms with Crippen LogP contribution in [0, 0.1) is 6.92 Å². The number of amides is 1. The molecule has 0 bridgehead atoms. The first kappa shape index (κ1) is 23.1. The Balaban J connectivity index is 1.46. The van der Waals surface area contributed by atoms with E-state index in [1.165, 1.54) is 24.3 Å². The Morgan fingerprint density at radius 2 is 1.77 bits per heavy atom. The Labute approximate surface area is 183 Å². The molecular weight excluding hydrogens is 416 g/mol. The summed E-state index contributed by atoms with van der Waals surface area (Å²) in [5.41, 5.74) is 1.52. The molecule has 1 aromatic carbocycles. The van der Waals surface area contributed by atoms with Crippen molar-refractivity contribution in [2.24, 2.45) is 5.14 Å². The number of rotatable bonds is 7. The van der Waals surface area contributed by atoms with E-state index in [0.717, 1.165) is 43.5 Å². The second-order valence-electron chi connectivity index (χ2n) is 8.08. The molecule has 9 nitrogen and oxygen atoms in total. The summed E-state index contributed by atoms with van der Waals surface area (Å²) in [6.45, 7) is 10.3. The first-order valence-corrected chi connectivity index (χ1v) is 11.9. The van der Waals surface area contributed by atoms with Crippen molar-refractivity contribution in [3.05, 3.63) is 41.9 Å². The quantitative estimate of drug-likeness (QED) is 0.664. The number of sulfonamides is 1. The summed E-state index contributed by atoms with van der Waals surface area (Å²) in [5, 5.41) is 7.87. The van der Waals surface area contributed by atoms with Crippen LogP contribution in [0.3, 0.4) is 0 Å². The molecule has 0 saturated carbocycles. The Morgan fingerprint density at radius 3 is 2.35 bits per heavy atom. The van der Waals surface area contributed by atoms with Crippen LogP contribution in [-0.2, 0) is 14.8 Å². The van der Waals surface area contributed by atoms with Gasteiger partial charge in [-0.2, -0.15) is 0 Å². The number of benzene rings is 1. The molecule has 1 aliphatic heterocycles. The van der Waals surface area contributed by atoms with Gasteiger partial charge in [-0.05, 0) is 31.2 Å². The number of hydrogen-bond donors (Lipinski definition) is 2. The van der Waals surface area contributed by atoms with E-state index in [-0.39, 0.29) is 16.7 Å². The lowest BCUT2D eigenvalue weighted by atomic mass is 10.2. The van der Waals surface area contributed by atoms with Crippen LogP contribution in [0.1, 0.15) is 37.7 Å². The lowest BCUT2D eigenvalue weighted by Crippen LogP contribution is -2.47. The lowest BCUT2D eigenvalue weighted by Gasteiger charge is -2.35. The smallest absolute Gasteiger partial charge is 0.238 e. The number of carbonyl (C=O) groups is 1. The van der Waals surface area contributed by atoms with E-state index in [1.807, 2.05) is 13.0 Å². The maximum absolute atomic E-state index is 12.3. The SMILES string of the molecule is Cc1cc(N2CCN(CCC(=O)Nc3ccc(S(N)(=O)=O)cc3)CC2)nc(C(C)C)n1. The van der Waals surface area contributed by atoms with Crippen LogP contribution in [0.5, 0.6) is 0 Å². The van der Waals surface area contributed by atoms with Crippen molar-refractivity contribution in [2.45, 2.75) is 38.0 Å². The highest BCUT2D eigenvalue weighted by molar-refractivity contribution is 7.89. The maximum atomic E-state index is 12.3. The third kappa shape index (κ3) is 6.46. The number of piperazine rings is 1. The van der Waals surface area contributed by atoms with Crippen LogP contribution in [0.25, 0.3) is 0 Å². The van der Waals surface area contributed by atoms with Gasteiger partial charge < -0.3 is 10.2 Å². The second-order valence-corrected chi connectivity index (χ2v) is 9.64. The van der Waals surface area contributed by atoms with Crippen molar-refractivity contribution in [2.75, 3.05) is 42.9 Å². The van der Waals surface area contributed by atoms with E-state index in [0.29, 0.717) is 18.7 Å². The Kier molecular flexibility index (Phi) is 7.24. The standard InChI is InChI=1S/C21H30N6O3S/c1-15(2)21-23-16(3)14-19(25-21)27-12-10-26(11-13-27)9-8-20(28)24-17-4-6-18(7-5-17)31(22,29)30/h4-7,14-15H,8-13H2,1-3H3,(H,24,28)(H2,22,29,30). The predicted molar refractivity (Wildman–Crippen MR) is 121 cm³/mol. The molecule has 0 unspecified atom stereocenters. The highest BCUT2D eigenvalue weighted by Crippen LogP contribution is 2.19. The van der Waals surface area contributed by atoms with Crippen molar-refractivity contribution in [1.29, 1.82) is 0 Å². The molecule has 1 amide bonds. The summed E-state index contributed by atoms with van der Waals surface area (Å²) in [4.78, 5) is 26.0. The highest BCUT2D eigenvalue weighted by Gasteiger charge is 2.20. The molecule has 1 fully saturated rings. The molecule has 0 atom stereocenters. The summed E-state index contributed by atoms with van der Waals surface area (Å²) in [5.74, 6) is 2.01. The molecule has 31 heavy (non-hydrogen) atoms. The first-order valence-electron chi connectivity index (χ1n) is 10.4. The van der Waals surface area contributed by atoms with Crippen LogP contribution in [0.2, 0.25) is 0 Å². The van der Waals surface area contributed by atoms with Crippen molar-refractivity contribution in [3.8, 4) is 0 Å².